The molecule has 41 heteroatoms. The molecule has 0 aromatic heterocycles. The fourth-order valence-electron chi connectivity index (χ4n) is 0. The van der Waals surface area contributed by atoms with E-state index in [-0.39, 0.29) is 1460 Å². The predicted octanol–water partition coefficient (Wildman–Crippen LogP) is 0. The van der Waals surface area contributed by atoms with Crippen LogP contribution in [0.5, 0.6) is 0 Å². The molecule has 0 atom stereocenters. The summed E-state index contributed by atoms with van der Waals surface area (Å²) in [7, 11) is 0. The molecule has 123 valence electrons. The van der Waals surface area contributed by atoms with Gasteiger partial charge in [-0.1, -0.05) is 0 Å². The molecule has 0 amide bonds. The fraction of sp³-hybridized carbons (Fsp3) is 0. The van der Waals surface area contributed by atoms with E-state index in [0.29, 0.717) is 0 Å². The summed E-state index contributed by atoms with van der Waals surface area (Å²) in [5.74, 6) is 0. The Morgan fingerprint density at radius 2 is 0.0244 bits per heavy atom. The van der Waals surface area contributed by atoms with Gasteiger partial charge in [-0.3, -0.25) is 0 Å². The fourth-order valence-corrected chi connectivity index (χ4v) is 0. The molecule has 0 aliphatic heterocycles. The molecule has 0 saturated carbocycles. The number of hydrogen-bond acceptors (Lipinski definition) is 0. The van der Waals surface area contributed by atoms with Gasteiger partial charge in [0.1, 0.15) is 0 Å². The standard InChI is InChI=1S/41La. The van der Waals surface area contributed by atoms with Gasteiger partial charge in [0.05, 0.1) is 0 Å². The Hall–Kier alpha value is 49.0. The zero-order valence-corrected chi connectivity index (χ0v) is 172. The maximum absolute atomic E-state index is 0. The van der Waals surface area contributed by atoms with E-state index in [1.807, 2.05) is 0 Å². The van der Waals surface area contributed by atoms with Crippen molar-refractivity contribution in [2.75, 3.05) is 0 Å². The van der Waals surface area contributed by atoms with Crippen molar-refractivity contribution in [1.29, 1.82) is 0 Å². The molecule has 0 aliphatic carbocycles. The van der Waals surface area contributed by atoms with Crippen molar-refractivity contribution in [2.45, 2.75) is 0 Å². The Bertz CT molecular complexity index is 0. The van der Waals surface area contributed by atoms with E-state index in [0.717, 1.165) is 0 Å². The van der Waals surface area contributed by atoms with Crippen LogP contribution < -0.4 is 0 Å². The summed E-state index contributed by atoms with van der Waals surface area (Å²) in [5, 5.41) is 0. The van der Waals surface area contributed by atoms with Gasteiger partial charge in [-0.05, 0) is 0 Å². The molecule has 41 heavy (non-hydrogen) atoms. The van der Waals surface area contributed by atoms with Gasteiger partial charge in [0, 0.05) is 1460 Å². The molecule has 0 rings (SSSR count). The van der Waals surface area contributed by atoms with E-state index in [1.165, 1.54) is 0 Å². The van der Waals surface area contributed by atoms with Crippen LogP contribution in [0.15, 0.2) is 0 Å². The van der Waals surface area contributed by atoms with Gasteiger partial charge in [-0.15, -0.1) is 0 Å². The number of rotatable bonds is 0. The Balaban J connectivity index is 0. The Morgan fingerprint density at radius 3 is 0.0244 bits per heavy atom. The normalized spacial score (nSPS) is 0. The van der Waals surface area contributed by atoms with E-state index in [2.05, 4.69) is 0 Å². The van der Waals surface area contributed by atoms with Crippen LogP contribution in [0, 0.1) is 1460 Å². The van der Waals surface area contributed by atoms with Crippen molar-refractivity contribution in [3.05, 3.63) is 0 Å². The van der Waals surface area contributed by atoms with Crippen molar-refractivity contribution in [2.24, 2.45) is 0 Å². The monoisotopic (exact) mass is 5700 g/mol. The Kier molecular flexibility index (Phi) is 2080. The molecule has 0 fully saturated rings. The molecular formula is La41. The molecule has 0 aromatic rings. The van der Waals surface area contributed by atoms with Crippen LogP contribution in [0.25, 0.3) is 0 Å². The van der Waals surface area contributed by atoms with Crippen molar-refractivity contribution in [1.82, 2.24) is 0 Å². The van der Waals surface area contributed by atoms with Gasteiger partial charge in [-0.25, -0.2) is 0 Å². The van der Waals surface area contributed by atoms with E-state index in [1.54, 1.807) is 0 Å². The minimum absolute atomic E-state index is 0. The smallest absolute Gasteiger partial charge is 0 e. The molecule has 0 spiro atoms. The molecule has 0 aliphatic rings. The van der Waals surface area contributed by atoms with Crippen LogP contribution in [0.2, 0.25) is 0 Å². The minimum atomic E-state index is 0. The summed E-state index contributed by atoms with van der Waals surface area (Å²) in [4.78, 5) is 0. The first kappa shape index (κ1) is 297. The van der Waals surface area contributed by atoms with Gasteiger partial charge in [0.2, 0.25) is 0 Å². The van der Waals surface area contributed by atoms with Gasteiger partial charge in [-0.2, -0.15) is 0 Å². The molecule has 0 unspecified atom stereocenters. The summed E-state index contributed by atoms with van der Waals surface area (Å²) in [6, 6.07) is 0. The quantitative estimate of drug-likeness (QED) is 0.321. The third kappa shape index (κ3) is 281. The molecule has 0 N–H and O–H groups in total. The van der Waals surface area contributed by atoms with Crippen molar-refractivity contribution in [3.63, 3.8) is 0 Å². The Morgan fingerprint density at radius 1 is 0.0244 bits per heavy atom. The summed E-state index contributed by atoms with van der Waals surface area (Å²) in [6.07, 6.45) is 0. The second-order valence-corrected chi connectivity index (χ2v) is 0. The molecule has 0 heterocycles. The van der Waals surface area contributed by atoms with Gasteiger partial charge in [0.15, 0.2) is 0 Å². The maximum atomic E-state index is 0. The molecule has 0 saturated heterocycles. The maximum Gasteiger partial charge on any atom is 0 e. The minimum Gasteiger partial charge on any atom is 0 e. The molecule has 0 bridgehead atoms. The van der Waals surface area contributed by atoms with Gasteiger partial charge < -0.3 is 0 Å². The van der Waals surface area contributed by atoms with E-state index in [4.69, 9.17) is 0 Å². The van der Waals surface area contributed by atoms with Gasteiger partial charge in [0.25, 0.3) is 0 Å². The first-order chi connectivity index (χ1) is 0. The summed E-state index contributed by atoms with van der Waals surface area (Å²) in [6.45, 7) is 0. The second kappa shape index (κ2) is 287. The topological polar surface area (TPSA) is 0 Å². The van der Waals surface area contributed by atoms with Gasteiger partial charge >= 0.3 is 0 Å². The first-order valence-electron chi connectivity index (χ1n) is 0. The van der Waals surface area contributed by atoms with Crippen LogP contribution in [-0.2, 0) is 0 Å². The van der Waals surface area contributed by atoms with Crippen LogP contribution in [0.1, 0.15) is 0 Å². The predicted molar refractivity (Wildman–Crippen MR) is 0 cm³/mol. The van der Waals surface area contributed by atoms with E-state index >= 15 is 0 Å². The van der Waals surface area contributed by atoms with Crippen LogP contribution in [-0.4, -0.2) is 0 Å². The van der Waals surface area contributed by atoms with Crippen molar-refractivity contribution >= 4 is 0 Å². The summed E-state index contributed by atoms with van der Waals surface area (Å²) >= 11 is 0. The molecule has 0 aromatic carbocycles. The second-order valence-electron chi connectivity index (χ2n) is 0. The zero-order valence-electron chi connectivity index (χ0n) is 23.7. The summed E-state index contributed by atoms with van der Waals surface area (Å²) in [5.41, 5.74) is 0. The first-order valence-corrected chi connectivity index (χ1v) is 0. The van der Waals surface area contributed by atoms with Crippen LogP contribution >= 0.6 is 0 Å². The van der Waals surface area contributed by atoms with Crippen molar-refractivity contribution in [3.8, 4) is 0 Å². The van der Waals surface area contributed by atoms with E-state index < -0.39 is 0 Å². The van der Waals surface area contributed by atoms with Crippen LogP contribution in [0.3, 0.4) is 0 Å². The zero-order chi connectivity index (χ0) is 0. The van der Waals surface area contributed by atoms with Crippen molar-refractivity contribution < 1.29 is 1460 Å². The third-order valence-corrected chi connectivity index (χ3v) is 0. The average Bonchev–Trinajstić information content (AvgIpc) is 0. The summed E-state index contributed by atoms with van der Waals surface area (Å²) < 4.78 is 0. The number of hydrogen-bond donors (Lipinski definition) is 0. The average molecular weight is 5700 g/mol. The molecule has 41 radical (unpaired) electrons. The Labute approximate surface area is 1400 Å². The SMILES string of the molecule is [La].[La].[La].[La].[La].[La].[La].[La].[La].[La].[La].[La].[La].[La].[La].[La].[La].[La].[La].[La].[La].[La].[La].[La].[La].[La].[La].[La].[La].[La].[La].[La].[La].[La].[La].[La].[La].[La].[La].[La].[La]. The third-order valence-electron chi connectivity index (χ3n) is 0. The van der Waals surface area contributed by atoms with E-state index in [9.17, 15) is 0 Å². The largest absolute Gasteiger partial charge is 0 e. The molecular weight excluding hydrogens is 5700 g/mol. The van der Waals surface area contributed by atoms with Crippen LogP contribution in [0.4, 0.5) is 0 Å². The molecule has 0 nitrogen and oxygen atoms in total.